The minimum Gasteiger partial charge on any atom is -0.345 e. The molecule has 2 rings (SSSR count). The highest BCUT2D eigenvalue weighted by Crippen LogP contribution is 2.39. The molecule has 0 bridgehead atoms. The largest absolute Gasteiger partial charge is 0.345 e. The van der Waals surface area contributed by atoms with E-state index in [-0.39, 0.29) is 29.3 Å². The summed E-state index contributed by atoms with van der Waals surface area (Å²) >= 11 is 0. The summed E-state index contributed by atoms with van der Waals surface area (Å²) in [6.45, 7) is 5.90. The molecular formula is C17H28ClN3O3S. The molecule has 1 aromatic rings. The van der Waals surface area contributed by atoms with Crippen molar-refractivity contribution in [1.29, 1.82) is 0 Å². The highest BCUT2D eigenvalue weighted by molar-refractivity contribution is 7.89. The summed E-state index contributed by atoms with van der Waals surface area (Å²) in [6.07, 6.45) is 2.11. The Balaban J connectivity index is 0.00000312. The maximum atomic E-state index is 12.6. The molecule has 6 nitrogen and oxygen atoms in total. The highest BCUT2D eigenvalue weighted by atomic mass is 35.5. The molecule has 142 valence electrons. The summed E-state index contributed by atoms with van der Waals surface area (Å²) in [7, 11) is -2.09. The second-order valence-electron chi connectivity index (χ2n) is 6.99. The summed E-state index contributed by atoms with van der Waals surface area (Å²) in [4.78, 5) is 12.7. The number of nitrogens with zero attached hydrogens (tertiary/aromatic N) is 1. The van der Waals surface area contributed by atoms with Gasteiger partial charge < -0.3 is 11.1 Å². The first-order valence-electron chi connectivity index (χ1n) is 8.22. The normalized spacial score (nSPS) is 17.1. The third-order valence-corrected chi connectivity index (χ3v) is 6.83. The highest BCUT2D eigenvalue weighted by Gasteiger charge is 2.41. The van der Waals surface area contributed by atoms with Gasteiger partial charge in [-0.15, -0.1) is 12.4 Å². The molecule has 1 saturated carbocycles. The SMILES string of the molecule is CC(C)N(C)S(=O)(=O)c1cccc(C(=O)NC(C)(CN)C2CC2)c1.Cl. The molecule has 3 N–H and O–H groups in total. The van der Waals surface area contributed by atoms with Gasteiger partial charge in [0.2, 0.25) is 10.0 Å². The fraction of sp³-hybridized carbons (Fsp3) is 0.588. The van der Waals surface area contributed by atoms with E-state index in [1.807, 2.05) is 6.92 Å². The Morgan fingerprint density at radius 2 is 2.00 bits per heavy atom. The lowest BCUT2D eigenvalue weighted by molar-refractivity contribution is 0.0897. The van der Waals surface area contributed by atoms with E-state index in [2.05, 4.69) is 5.32 Å². The average molecular weight is 390 g/mol. The Labute approximate surface area is 156 Å². The van der Waals surface area contributed by atoms with Crippen LogP contribution in [0, 0.1) is 5.92 Å². The quantitative estimate of drug-likeness (QED) is 0.745. The van der Waals surface area contributed by atoms with Gasteiger partial charge in [-0.2, -0.15) is 4.31 Å². The molecule has 1 atom stereocenters. The summed E-state index contributed by atoms with van der Waals surface area (Å²) < 4.78 is 26.5. The van der Waals surface area contributed by atoms with E-state index >= 15 is 0 Å². The van der Waals surface area contributed by atoms with Gasteiger partial charge in [-0.05, 0) is 57.7 Å². The number of halogens is 1. The maximum Gasteiger partial charge on any atom is 0.251 e. The Kier molecular flexibility index (Phi) is 7.03. The number of nitrogens with one attached hydrogen (secondary N) is 1. The topological polar surface area (TPSA) is 92.5 Å². The average Bonchev–Trinajstić information content (AvgIpc) is 3.39. The van der Waals surface area contributed by atoms with Crippen molar-refractivity contribution < 1.29 is 13.2 Å². The molecule has 25 heavy (non-hydrogen) atoms. The van der Waals surface area contributed by atoms with Gasteiger partial charge in [0.15, 0.2) is 0 Å². The molecule has 0 heterocycles. The van der Waals surface area contributed by atoms with Crippen LogP contribution in [0.3, 0.4) is 0 Å². The van der Waals surface area contributed by atoms with Crippen LogP contribution >= 0.6 is 12.4 Å². The Bertz CT molecular complexity index is 720. The molecule has 1 fully saturated rings. The van der Waals surface area contributed by atoms with Crippen molar-refractivity contribution in [3.05, 3.63) is 29.8 Å². The molecule has 0 aliphatic heterocycles. The standard InChI is InChI=1S/C17H27N3O3S.ClH/c1-12(2)20(4)24(22,23)15-7-5-6-13(10-15)16(21)19-17(3,11-18)14-8-9-14;/h5-7,10,12,14H,8-9,11,18H2,1-4H3,(H,19,21);1H. The number of hydrogen-bond acceptors (Lipinski definition) is 4. The number of nitrogens with two attached hydrogens (primary N) is 1. The molecular weight excluding hydrogens is 362 g/mol. The van der Waals surface area contributed by atoms with E-state index in [1.54, 1.807) is 26.0 Å². The molecule has 0 aromatic heterocycles. The Morgan fingerprint density at radius 1 is 1.40 bits per heavy atom. The van der Waals surface area contributed by atoms with Gasteiger partial charge in [0.05, 0.1) is 10.4 Å². The van der Waals surface area contributed by atoms with Crippen molar-refractivity contribution in [1.82, 2.24) is 9.62 Å². The van der Waals surface area contributed by atoms with Crippen LogP contribution in [0.15, 0.2) is 29.2 Å². The fourth-order valence-electron chi connectivity index (χ4n) is 2.61. The van der Waals surface area contributed by atoms with Crippen molar-refractivity contribution in [2.45, 2.75) is 50.1 Å². The fourth-order valence-corrected chi connectivity index (χ4v) is 4.03. The predicted molar refractivity (Wildman–Crippen MR) is 101 cm³/mol. The number of carbonyl (C=O) groups excluding carboxylic acids is 1. The van der Waals surface area contributed by atoms with Crippen LogP contribution in [-0.2, 0) is 10.0 Å². The van der Waals surface area contributed by atoms with Gasteiger partial charge in [0.1, 0.15) is 0 Å². The minimum atomic E-state index is -3.62. The van der Waals surface area contributed by atoms with Crippen molar-refractivity contribution >= 4 is 28.3 Å². The lowest BCUT2D eigenvalue weighted by Crippen LogP contribution is -2.53. The number of benzene rings is 1. The van der Waals surface area contributed by atoms with E-state index in [0.717, 1.165) is 12.8 Å². The first kappa shape index (κ1) is 21.9. The third-order valence-electron chi connectivity index (χ3n) is 4.80. The van der Waals surface area contributed by atoms with Crippen LogP contribution in [0.5, 0.6) is 0 Å². The summed E-state index contributed by atoms with van der Waals surface area (Å²) in [6, 6.07) is 5.98. The van der Waals surface area contributed by atoms with Crippen molar-refractivity contribution in [3.63, 3.8) is 0 Å². The van der Waals surface area contributed by atoms with Gasteiger partial charge in [0, 0.05) is 25.2 Å². The summed E-state index contributed by atoms with van der Waals surface area (Å²) in [5.74, 6) is 0.101. The number of sulfonamides is 1. The van der Waals surface area contributed by atoms with Gasteiger partial charge in [-0.1, -0.05) is 6.07 Å². The number of carbonyl (C=O) groups is 1. The summed E-state index contributed by atoms with van der Waals surface area (Å²) in [5, 5.41) is 2.98. The van der Waals surface area contributed by atoms with Crippen LogP contribution in [0.25, 0.3) is 0 Å². The molecule has 1 amide bonds. The lowest BCUT2D eigenvalue weighted by Gasteiger charge is -2.29. The Hall–Kier alpha value is -1.15. The van der Waals surface area contributed by atoms with Crippen LogP contribution in [0.1, 0.15) is 44.0 Å². The summed E-state index contributed by atoms with van der Waals surface area (Å²) in [5.41, 5.74) is 5.71. The van der Waals surface area contributed by atoms with Crippen molar-refractivity contribution in [3.8, 4) is 0 Å². The van der Waals surface area contributed by atoms with E-state index in [4.69, 9.17) is 5.73 Å². The van der Waals surface area contributed by atoms with Gasteiger partial charge in [-0.3, -0.25) is 4.79 Å². The van der Waals surface area contributed by atoms with Crippen LogP contribution in [-0.4, -0.2) is 43.8 Å². The second-order valence-corrected chi connectivity index (χ2v) is 8.99. The monoisotopic (exact) mass is 389 g/mol. The van der Waals surface area contributed by atoms with E-state index in [0.29, 0.717) is 18.0 Å². The first-order chi connectivity index (χ1) is 11.1. The van der Waals surface area contributed by atoms with E-state index in [1.165, 1.54) is 23.5 Å². The van der Waals surface area contributed by atoms with Crippen molar-refractivity contribution in [2.24, 2.45) is 11.7 Å². The molecule has 8 heteroatoms. The van der Waals surface area contributed by atoms with Crippen LogP contribution in [0.2, 0.25) is 0 Å². The molecule has 1 aromatic carbocycles. The molecule has 1 aliphatic carbocycles. The smallest absolute Gasteiger partial charge is 0.251 e. The molecule has 1 unspecified atom stereocenters. The van der Waals surface area contributed by atoms with Crippen molar-refractivity contribution in [2.75, 3.05) is 13.6 Å². The zero-order valence-electron chi connectivity index (χ0n) is 15.2. The number of hydrogen-bond donors (Lipinski definition) is 2. The Morgan fingerprint density at radius 3 is 2.48 bits per heavy atom. The molecule has 0 radical (unpaired) electrons. The van der Waals surface area contributed by atoms with E-state index in [9.17, 15) is 13.2 Å². The zero-order valence-corrected chi connectivity index (χ0v) is 16.8. The zero-order chi connectivity index (χ0) is 18.1. The predicted octanol–water partition coefficient (Wildman–Crippen LogP) is 1.99. The third kappa shape index (κ3) is 4.73. The number of amides is 1. The molecule has 1 aliphatic rings. The second kappa shape index (κ2) is 8.03. The van der Waals surface area contributed by atoms with E-state index < -0.39 is 15.6 Å². The van der Waals surface area contributed by atoms with Crippen LogP contribution < -0.4 is 11.1 Å². The lowest BCUT2D eigenvalue weighted by atomic mass is 9.95. The van der Waals surface area contributed by atoms with Gasteiger partial charge >= 0.3 is 0 Å². The van der Waals surface area contributed by atoms with Gasteiger partial charge in [-0.25, -0.2) is 8.42 Å². The number of rotatable bonds is 7. The maximum absolute atomic E-state index is 12.6. The molecule has 0 spiro atoms. The molecule has 0 saturated heterocycles. The first-order valence-corrected chi connectivity index (χ1v) is 9.66. The van der Waals surface area contributed by atoms with Gasteiger partial charge in [0.25, 0.3) is 5.91 Å². The van der Waals surface area contributed by atoms with Crippen LogP contribution in [0.4, 0.5) is 0 Å². The minimum absolute atomic E-state index is 0.